The molecule has 6 nitrogen and oxygen atoms in total. The molecular formula is C12H9BrIN5O. The van der Waals surface area contributed by atoms with E-state index in [4.69, 9.17) is 16.2 Å². The van der Waals surface area contributed by atoms with Gasteiger partial charge in [0.15, 0.2) is 0 Å². The standard InChI is InChI=1S/C12H9BrIN5O/c1-20-9-3-8(14)5(2-7(9)13)10-6(4-15)11(16)19-12(17)18-10/h2-3H,1H3,(H4,16,17,18,19). The summed E-state index contributed by atoms with van der Waals surface area (Å²) in [4.78, 5) is 7.93. The van der Waals surface area contributed by atoms with Crippen LogP contribution in [0.5, 0.6) is 5.75 Å². The Morgan fingerprint density at radius 1 is 1.35 bits per heavy atom. The number of halogens is 2. The number of ether oxygens (including phenoxy) is 1. The molecule has 102 valence electrons. The van der Waals surface area contributed by atoms with Crippen molar-refractivity contribution in [3.8, 4) is 23.1 Å². The van der Waals surface area contributed by atoms with E-state index in [9.17, 15) is 5.26 Å². The lowest BCUT2D eigenvalue weighted by Crippen LogP contribution is -2.05. The zero-order chi connectivity index (χ0) is 14.9. The molecule has 0 aliphatic carbocycles. The lowest BCUT2D eigenvalue weighted by Gasteiger charge is -2.11. The summed E-state index contributed by atoms with van der Waals surface area (Å²) in [6.07, 6.45) is 0. The van der Waals surface area contributed by atoms with Crippen LogP contribution in [0.15, 0.2) is 16.6 Å². The van der Waals surface area contributed by atoms with Crippen molar-refractivity contribution in [2.45, 2.75) is 0 Å². The van der Waals surface area contributed by atoms with Crippen molar-refractivity contribution in [2.24, 2.45) is 0 Å². The largest absolute Gasteiger partial charge is 0.496 e. The van der Waals surface area contributed by atoms with Gasteiger partial charge in [0.1, 0.15) is 23.2 Å². The van der Waals surface area contributed by atoms with E-state index in [2.05, 4.69) is 48.5 Å². The molecule has 1 heterocycles. The van der Waals surface area contributed by atoms with Crippen LogP contribution in [0.1, 0.15) is 5.56 Å². The van der Waals surface area contributed by atoms with Gasteiger partial charge in [-0.1, -0.05) is 0 Å². The topological polar surface area (TPSA) is 111 Å². The molecule has 0 bridgehead atoms. The van der Waals surface area contributed by atoms with Gasteiger partial charge in [-0.15, -0.1) is 0 Å². The third kappa shape index (κ3) is 2.64. The monoisotopic (exact) mass is 445 g/mol. The zero-order valence-electron chi connectivity index (χ0n) is 10.3. The number of hydrogen-bond acceptors (Lipinski definition) is 6. The normalized spacial score (nSPS) is 10.1. The van der Waals surface area contributed by atoms with E-state index in [-0.39, 0.29) is 17.3 Å². The zero-order valence-corrected chi connectivity index (χ0v) is 14.1. The summed E-state index contributed by atoms with van der Waals surface area (Å²) in [6.45, 7) is 0. The van der Waals surface area contributed by atoms with Gasteiger partial charge in [0.25, 0.3) is 0 Å². The highest BCUT2D eigenvalue weighted by Crippen LogP contribution is 2.36. The first-order chi connectivity index (χ1) is 9.47. The van der Waals surface area contributed by atoms with E-state index in [1.165, 1.54) is 0 Å². The molecule has 1 aromatic carbocycles. The highest BCUT2D eigenvalue weighted by Gasteiger charge is 2.17. The van der Waals surface area contributed by atoms with E-state index in [1.807, 2.05) is 18.2 Å². The van der Waals surface area contributed by atoms with Crippen molar-refractivity contribution in [2.75, 3.05) is 18.6 Å². The van der Waals surface area contributed by atoms with Crippen molar-refractivity contribution in [3.63, 3.8) is 0 Å². The number of methoxy groups -OCH3 is 1. The van der Waals surface area contributed by atoms with Crippen LogP contribution in [0.2, 0.25) is 0 Å². The van der Waals surface area contributed by atoms with Gasteiger partial charge in [-0.3, -0.25) is 0 Å². The fourth-order valence-electron chi connectivity index (χ4n) is 1.67. The Kier molecular flexibility index (Phi) is 4.29. The molecule has 0 radical (unpaired) electrons. The van der Waals surface area contributed by atoms with Crippen LogP contribution < -0.4 is 16.2 Å². The van der Waals surface area contributed by atoms with Gasteiger partial charge >= 0.3 is 0 Å². The van der Waals surface area contributed by atoms with Gasteiger partial charge in [-0.25, -0.2) is 4.98 Å². The van der Waals surface area contributed by atoms with Gasteiger partial charge < -0.3 is 16.2 Å². The number of hydrogen-bond donors (Lipinski definition) is 2. The maximum absolute atomic E-state index is 9.22. The van der Waals surface area contributed by atoms with Crippen LogP contribution >= 0.6 is 38.5 Å². The van der Waals surface area contributed by atoms with Crippen LogP contribution in [0, 0.1) is 14.9 Å². The maximum Gasteiger partial charge on any atom is 0.222 e. The maximum atomic E-state index is 9.22. The first kappa shape index (κ1) is 14.8. The van der Waals surface area contributed by atoms with Crippen LogP contribution in [0.4, 0.5) is 11.8 Å². The van der Waals surface area contributed by atoms with E-state index in [1.54, 1.807) is 7.11 Å². The van der Waals surface area contributed by atoms with Crippen LogP contribution in [-0.4, -0.2) is 17.1 Å². The molecule has 0 saturated heterocycles. The van der Waals surface area contributed by atoms with Gasteiger partial charge in [0.2, 0.25) is 5.95 Å². The summed E-state index contributed by atoms with van der Waals surface area (Å²) in [5, 5.41) is 9.22. The Morgan fingerprint density at radius 2 is 2.05 bits per heavy atom. The lowest BCUT2D eigenvalue weighted by atomic mass is 10.1. The number of rotatable bonds is 2. The minimum absolute atomic E-state index is 0.0271. The summed E-state index contributed by atoms with van der Waals surface area (Å²) in [5.41, 5.74) is 12.7. The average Bonchev–Trinajstić information content (AvgIpc) is 2.40. The van der Waals surface area contributed by atoms with Gasteiger partial charge in [0.05, 0.1) is 17.3 Å². The Balaban J connectivity index is 2.75. The Hall–Kier alpha value is -1.60. The highest BCUT2D eigenvalue weighted by molar-refractivity contribution is 14.1. The average molecular weight is 446 g/mol. The van der Waals surface area contributed by atoms with E-state index in [0.29, 0.717) is 11.4 Å². The molecule has 8 heteroatoms. The van der Waals surface area contributed by atoms with E-state index in [0.717, 1.165) is 13.6 Å². The number of anilines is 2. The van der Waals surface area contributed by atoms with Gasteiger partial charge in [-0.05, 0) is 50.7 Å². The van der Waals surface area contributed by atoms with Gasteiger partial charge in [0, 0.05) is 9.13 Å². The molecule has 0 fully saturated rings. The van der Waals surface area contributed by atoms with Crippen LogP contribution in [-0.2, 0) is 0 Å². The van der Waals surface area contributed by atoms with Crippen molar-refractivity contribution in [1.29, 1.82) is 5.26 Å². The first-order valence-corrected chi connectivity index (χ1v) is 7.21. The van der Waals surface area contributed by atoms with E-state index >= 15 is 0 Å². The Morgan fingerprint density at radius 3 is 2.65 bits per heavy atom. The summed E-state index contributed by atoms with van der Waals surface area (Å²) in [5.74, 6) is 0.781. The Labute approximate surface area is 137 Å². The van der Waals surface area contributed by atoms with Gasteiger partial charge in [-0.2, -0.15) is 10.2 Å². The number of nitrogens with zero attached hydrogens (tertiary/aromatic N) is 3. The molecule has 2 aromatic rings. The van der Waals surface area contributed by atoms with Crippen LogP contribution in [0.25, 0.3) is 11.3 Å². The molecule has 0 amide bonds. The fourth-order valence-corrected chi connectivity index (χ4v) is 2.87. The molecule has 2 rings (SSSR count). The fraction of sp³-hybridized carbons (Fsp3) is 0.0833. The molecule has 0 aliphatic rings. The highest BCUT2D eigenvalue weighted by atomic mass is 127. The predicted molar refractivity (Wildman–Crippen MR) is 88.0 cm³/mol. The number of aromatic nitrogens is 2. The summed E-state index contributed by atoms with van der Waals surface area (Å²) >= 11 is 5.54. The second-order valence-electron chi connectivity index (χ2n) is 3.77. The molecular weight excluding hydrogens is 437 g/mol. The molecule has 0 unspecified atom stereocenters. The van der Waals surface area contributed by atoms with Crippen LogP contribution in [0.3, 0.4) is 0 Å². The third-order valence-corrected chi connectivity index (χ3v) is 4.07. The SMILES string of the molecule is COc1cc(I)c(-c2nc(N)nc(N)c2C#N)cc1Br. The smallest absolute Gasteiger partial charge is 0.222 e. The predicted octanol–water partition coefficient (Wildman–Crippen LogP) is 2.56. The minimum Gasteiger partial charge on any atom is -0.496 e. The summed E-state index contributed by atoms with van der Waals surface area (Å²) in [7, 11) is 1.58. The number of nitrogen functional groups attached to an aromatic ring is 2. The van der Waals surface area contributed by atoms with Crippen molar-refractivity contribution < 1.29 is 4.74 Å². The third-order valence-electron chi connectivity index (χ3n) is 2.56. The molecule has 4 N–H and O–H groups in total. The lowest BCUT2D eigenvalue weighted by molar-refractivity contribution is 0.412. The second-order valence-corrected chi connectivity index (χ2v) is 5.79. The summed E-state index contributed by atoms with van der Waals surface area (Å²) in [6, 6.07) is 5.65. The molecule has 20 heavy (non-hydrogen) atoms. The molecule has 0 spiro atoms. The number of nitrogens with two attached hydrogens (primary N) is 2. The number of benzene rings is 1. The molecule has 1 aromatic heterocycles. The van der Waals surface area contributed by atoms with Crippen molar-refractivity contribution in [1.82, 2.24) is 9.97 Å². The van der Waals surface area contributed by atoms with E-state index < -0.39 is 0 Å². The first-order valence-electron chi connectivity index (χ1n) is 5.34. The summed E-state index contributed by atoms with van der Waals surface area (Å²) < 4.78 is 6.83. The molecule has 0 aliphatic heterocycles. The molecule has 0 saturated carbocycles. The second kappa shape index (κ2) is 5.80. The Bertz CT molecular complexity index is 729. The van der Waals surface area contributed by atoms with Crippen molar-refractivity contribution in [3.05, 3.63) is 25.7 Å². The molecule has 0 atom stereocenters. The quantitative estimate of drug-likeness (QED) is 0.687. The van der Waals surface area contributed by atoms with Crippen molar-refractivity contribution >= 4 is 50.3 Å². The number of nitriles is 1. The minimum atomic E-state index is 0.0271.